The quantitative estimate of drug-likeness (QED) is 0.596. The average molecular weight is 448 g/mol. The van der Waals surface area contributed by atoms with E-state index in [1.807, 2.05) is 25.1 Å². The molecular formula is C20H19Cl2N5OS. The number of nitrogens with one attached hydrogen (secondary N) is 1. The molecule has 0 saturated carbocycles. The van der Waals surface area contributed by atoms with Crippen molar-refractivity contribution in [3.63, 3.8) is 0 Å². The molecule has 1 fully saturated rings. The second kappa shape index (κ2) is 8.65. The third kappa shape index (κ3) is 4.52. The minimum Gasteiger partial charge on any atom is -0.341 e. The third-order valence-corrected chi connectivity index (χ3v) is 6.48. The van der Waals surface area contributed by atoms with Crippen LogP contribution in [0.1, 0.15) is 39.3 Å². The summed E-state index contributed by atoms with van der Waals surface area (Å²) in [5.41, 5.74) is 2.22. The molecule has 1 aliphatic rings. The van der Waals surface area contributed by atoms with Gasteiger partial charge in [0.25, 0.3) is 5.91 Å². The number of amides is 1. The van der Waals surface area contributed by atoms with E-state index in [0.717, 1.165) is 47.0 Å². The Morgan fingerprint density at radius 3 is 2.79 bits per heavy atom. The van der Waals surface area contributed by atoms with E-state index in [4.69, 9.17) is 23.2 Å². The molecule has 1 saturated heterocycles. The lowest BCUT2D eigenvalue weighted by atomic mass is 10.1. The van der Waals surface area contributed by atoms with Crippen LogP contribution in [0.5, 0.6) is 0 Å². The number of aromatic nitrogens is 3. The molecule has 3 aromatic rings. The fourth-order valence-corrected chi connectivity index (χ4v) is 4.42. The molecule has 3 heterocycles. The van der Waals surface area contributed by atoms with Crippen molar-refractivity contribution < 1.29 is 4.79 Å². The minimum atomic E-state index is -0.396. The summed E-state index contributed by atoms with van der Waals surface area (Å²) in [6.07, 6.45) is 6.07. The summed E-state index contributed by atoms with van der Waals surface area (Å²) in [5, 5.41) is 4.26. The molecule has 0 unspecified atom stereocenters. The Morgan fingerprint density at radius 2 is 2.00 bits per heavy atom. The first-order valence-electron chi connectivity index (χ1n) is 9.29. The van der Waals surface area contributed by atoms with E-state index in [1.54, 1.807) is 6.20 Å². The van der Waals surface area contributed by atoms with Crippen LogP contribution in [-0.2, 0) is 6.42 Å². The lowest BCUT2D eigenvalue weighted by molar-refractivity contribution is 0.102. The van der Waals surface area contributed by atoms with Gasteiger partial charge >= 0.3 is 0 Å². The van der Waals surface area contributed by atoms with E-state index < -0.39 is 5.91 Å². The number of nitrogens with zero attached hydrogens (tertiary/aromatic N) is 4. The topological polar surface area (TPSA) is 71.0 Å². The predicted molar refractivity (Wildman–Crippen MR) is 118 cm³/mol. The molecule has 0 radical (unpaired) electrons. The summed E-state index contributed by atoms with van der Waals surface area (Å²) >= 11 is 14.0. The Balaban J connectivity index is 1.48. The summed E-state index contributed by atoms with van der Waals surface area (Å²) in [7, 11) is 0. The van der Waals surface area contributed by atoms with E-state index >= 15 is 0 Å². The molecule has 0 aliphatic carbocycles. The van der Waals surface area contributed by atoms with Gasteiger partial charge < -0.3 is 4.90 Å². The van der Waals surface area contributed by atoms with Crippen LogP contribution in [-0.4, -0.2) is 33.9 Å². The first-order chi connectivity index (χ1) is 14.0. The van der Waals surface area contributed by atoms with Gasteiger partial charge in [-0.3, -0.25) is 10.1 Å². The SMILES string of the molecule is Cc1cccc(Cc2cnc(NC(=O)c3nc(N4CCCC4)ncc3Cl)s2)c1Cl. The Hall–Kier alpha value is -2.22. The summed E-state index contributed by atoms with van der Waals surface area (Å²) in [4.78, 5) is 28.7. The van der Waals surface area contributed by atoms with Crippen LogP contribution in [0.15, 0.2) is 30.6 Å². The fraction of sp³-hybridized carbons (Fsp3) is 0.300. The number of rotatable bonds is 5. The van der Waals surface area contributed by atoms with E-state index in [-0.39, 0.29) is 10.7 Å². The van der Waals surface area contributed by atoms with Crippen LogP contribution in [0.2, 0.25) is 10.0 Å². The van der Waals surface area contributed by atoms with Crippen molar-refractivity contribution in [3.05, 3.63) is 62.3 Å². The molecule has 2 aromatic heterocycles. The second-order valence-corrected chi connectivity index (χ2v) is 8.77. The van der Waals surface area contributed by atoms with Gasteiger partial charge in [-0.15, -0.1) is 11.3 Å². The molecule has 1 N–H and O–H groups in total. The van der Waals surface area contributed by atoms with Crippen LogP contribution in [0.25, 0.3) is 0 Å². The smallest absolute Gasteiger partial charge is 0.277 e. The molecule has 9 heteroatoms. The summed E-state index contributed by atoms with van der Waals surface area (Å²) in [5.74, 6) is 0.137. The summed E-state index contributed by atoms with van der Waals surface area (Å²) in [6, 6.07) is 5.95. The van der Waals surface area contributed by atoms with Gasteiger partial charge in [0.2, 0.25) is 5.95 Å². The van der Waals surface area contributed by atoms with Gasteiger partial charge in [0.15, 0.2) is 10.8 Å². The Bertz CT molecular complexity index is 1050. The molecule has 150 valence electrons. The van der Waals surface area contributed by atoms with E-state index in [1.165, 1.54) is 17.5 Å². The Labute approximate surface area is 182 Å². The molecule has 0 spiro atoms. The largest absolute Gasteiger partial charge is 0.341 e. The van der Waals surface area contributed by atoms with Gasteiger partial charge in [-0.1, -0.05) is 41.4 Å². The predicted octanol–water partition coefficient (Wildman–Crippen LogP) is 4.99. The molecule has 1 amide bonds. The van der Waals surface area contributed by atoms with Crippen LogP contribution in [0.4, 0.5) is 11.1 Å². The van der Waals surface area contributed by atoms with Gasteiger partial charge in [-0.25, -0.2) is 15.0 Å². The highest BCUT2D eigenvalue weighted by Crippen LogP contribution is 2.27. The van der Waals surface area contributed by atoms with Crippen molar-refractivity contribution in [2.45, 2.75) is 26.2 Å². The van der Waals surface area contributed by atoms with Gasteiger partial charge in [0, 0.05) is 35.6 Å². The first kappa shape index (κ1) is 20.1. The molecule has 6 nitrogen and oxygen atoms in total. The number of halogens is 2. The molecule has 4 rings (SSSR count). The van der Waals surface area contributed by atoms with E-state index in [0.29, 0.717) is 17.5 Å². The highest BCUT2D eigenvalue weighted by molar-refractivity contribution is 7.15. The monoisotopic (exact) mass is 447 g/mol. The van der Waals surface area contributed by atoms with Gasteiger partial charge in [-0.2, -0.15) is 0 Å². The normalized spacial score (nSPS) is 13.7. The molecule has 0 bridgehead atoms. The van der Waals surface area contributed by atoms with Crippen molar-refractivity contribution in [3.8, 4) is 0 Å². The number of benzene rings is 1. The number of thiazole rings is 1. The van der Waals surface area contributed by atoms with Crippen molar-refractivity contribution in [2.24, 2.45) is 0 Å². The summed E-state index contributed by atoms with van der Waals surface area (Å²) < 4.78 is 0. The van der Waals surface area contributed by atoms with Crippen molar-refractivity contribution in [1.82, 2.24) is 15.0 Å². The fourth-order valence-electron chi connectivity index (χ4n) is 3.22. The zero-order chi connectivity index (χ0) is 20.4. The number of hydrogen-bond acceptors (Lipinski definition) is 6. The average Bonchev–Trinajstić information content (AvgIpc) is 3.38. The Kier molecular flexibility index (Phi) is 5.99. The number of anilines is 2. The van der Waals surface area contributed by atoms with Gasteiger partial charge in [-0.05, 0) is 30.9 Å². The number of carbonyl (C=O) groups is 1. The van der Waals surface area contributed by atoms with Crippen LogP contribution >= 0.6 is 34.5 Å². The highest BCUT2D eigenvalue weighted by Gasteiger charge is 2.20. The number of carbonyl (C=O) groups excluding carboxylic acids is 1. The third-order valence-electron chi connectivity index (χ3n) is 4.75. The van der Waals surface area contributed by atoms with E-state index in [2.05, 4.69) is 25.2 Å². The summed E-state index contributed by atoms with van der Waals surface area (Å²) in [6.45, 7) is 3.76. The Morgan fingerprint density at radius 1 is 1.21 bits per heavy atom. The molecule has 1 aromatic carbocycles. The molecular weight excluding hydrogens is 429 g/mol. The number of aryl methyl sites for hydroxylation is 1. The van der Waals surface area contributed by atoms with Gasteiger partial charge in [0.05, 0.1) is 11.2 Å². The molecule has 1 aliphatic heterocycles. The zero-order valence-electron chi connectivity index (χ0n) is 15.8. The molecule has 0 atom stereocenters. The lowest BCUT2D eigenvalue weighted by Crippen LogP contribution is -2.23. The van der Waals surface area contributed by atoms with Crippen LogP contribution < -0.4 is 10.2 Å². The number of hydrogen-bond donors (Lipinski definition) is 1. The van der Waals surface area contributed by atoms with Crippen LogP contribution in [0, 0.1) is 6.92 Å². The van der Waals surface area contributed by atoms with Crippen molar-refractivity contribution >= 4 is 51.5 Å². The van der Waals surface area contributed by atoms with Crippen molar-refractivity contribution in [2.75, 3.05) is 23.3 Å². The van der Waals surface area contributed by atoms with Gasteiger partial charge in [0.1, 0.15) is 0 Å². The van der Waals surface area contributed by atoms with Crippen LogP contribution in [0.3, 0.4) is 0 Å². The first-order valence-corrected chi connectivity index (χ1v) is 10.9. The highest BCUT2D eigenvalue weighted by atomic mass is 35.5. The second-order valence-electron chi connectivity index (χ2n) is 6.87. The zero-order valence-corrected chi connectivity index (χ0v) is 18.1. The standard InChI is InChI=1S/C20H19Cl2N5OS/c1-12-5-4-6-13(16(12)22)9-14-10-24-20(29-14)26-18(28)17-15(21)11-23-19(25-17)27-7-2-3-8-27/h4-6,10-11H,2-3,7-9H2,1H3,(H,24,26,28). The van der Waals surface area contributed by atoms with Crippen molar-refractivity contribution in [1.29, 1.82) is 0 Å². The van der Waals surface area contributed by atoms with E-state index in [9.17, 15) is 4.79 Å². The minimum absolute atomic E-state index is 0.155. The maximum Gasteiger partial charge on any atom is 0.277 e. The lowest BCUT2D eigenvalue weighted by Gasteiger charge is -2.15. The maximum absolute atomic E-state index is 12.7. The maximum atomic E-state index is 12.7. The molecule has 29 heavy (non-hydrogen) atoms.